The van der Waals surface area contributed by atoms with Gasteiger partial charge >= 0.3 is 0 Å². The van der Waals surface area contributed by atoms with E-state index in [0.29, 0.717) is 23.6 Å². The number of hydrogen-bond acceptors (Lipinski definition) is 7. The van der Waals surface area contributed by atoms with E-state index in [0.717, 1.165) is 52.1 Å². The zero-order valence-corrected chi connectivity index (χ0v) is 20.6. The molecule has 0 saturated carbocycles. The average molecular weight is 485 g/mol. The molecule has 190 valence electrons. The number of primary amides is 1. The van der Waals surface area contributed by atoms with Crippen LogP contribution < -0.4 is 25.3 Å². The number of unbranched alkanes of at least 4 members (excludes halogenated alkanes) is 1. The fraction of sp³-hybridized carbons (Fsp3) is 0.462. The first kappa shape index (κ1) is 26.3. The lowest BCUT2D eigenvalue weighted by Crippen LogP contribution is -2.46. The predicted molar refractivity (Wildman–Crippen MR) is 134 cm³/mol. The molecule has 2 amide bonds. The third kappa shape index (κ3) is 8.15. The summed E-state index contributed by atoms with van der Waals surface area (Å²) in [5, 5.41) is 2.95. The molecule has 2 aromatic rings. The largest absolute Gasteiger partial charge is 0.493 e. The Morgan fingerprint density at radius 3 is 2.17 bits per heavy atom. The smallest absolute Gasteiger partial charge is 0.255 e. The van der Waals surface area contributed by atoms with Crippen molar-refractivity contribution in [2.75, 3.05) is 60.1 Å². The number of nitrogens with two attached hydrogens (primary N) is 1. The zero-order chi connectivity index (χ0) is 25.0. The lowest BCUT2D eigenvalue weighted by molar-refractivity contribution is -0.120. The summed E-state index contributed by atoms with van der Waals surface area (Å²) in [5.41, 5.74) is 6.90. The van der Waals surface area contributed by atoms with Gasteiger partial charge in [-0.2, -0.15) is 0 Å². The third-order valence-electron chi connectivity index (χ3n) is 5.98. The van der Waals surface area contributed by atoms with Crippen LogP contribution in [0.5, 0.6) is 17.2 Å². The van der Waals surface area contributed by atoms with Gasteiger partial charge in [-0.15, -0.1) is 0 Å². The summed E-state index contributed by atoms with van der Waals surface area (Å²) in [6.07, 6.45) is 1.91. The van der Waals surface area contributed by atoms with E-state index in [9.17, 15) is 9.59 Å². The highest BCUT2D eigenvalue weighted by Gasteiger charge is 2.19. The van der Waals surface area contributed by atoms with Crippen LogP contribution in [-0.2, 0) is 11.3 Å². The van der Waals surface area contributed by atoms with Crippen LogP contribution >= 0.6 is 0 Å². The number of nitrogens with one attached hydrogen (secondary N) is 1. The lowest BCUT2D eigenvalue weighted by atomic mass is 10.1. The van der Waals surface area contributed by atoms with Gasteiger partial charge < -0.3 is 30.2 Å². The first-order chi connectivity index (χ1) is 17.0. The van der Waals surface area contributed by atoms with E-state index >= 15 is 0 Å². The Hall–Kier alpha value is -3.30. The van der Waals surface area contributed by atoms with Crippen molar-refractivity contribution < 1.29 is 23.8 Å². The predicted octanol–water partition coefficient (Wildman–Crippen LogP) is 1.90. The molecule has 0 atom stereocenters. The summed E-state index contributed by atoms with van der Waals surface area (Å²) in [6.45, 7) is 6.60. The van der Waals surface area contributed by atoms with Gasteiger partial charge in [0.25, 0.3) is 11.8 Å². The highest BCUT2D eigenvalue weighted by atomic mass is 16.5. The molecule has 9 nitrogen and oxygen atoms in total. The van der Waals surface area contributed by atoms with Crippen molar-refractivity contribution in [2.45, 2.75) is 19.4 Å². The molecule has 0 aliphatic carbocycles. The molecule has 1 aliphatic heterocycles. The van der Waals surface area contributed by atoms with Gasteiger partial charge in [-0.25, -0.2) is 0 Å². The maximum atomic E-state index is 12.7. The Bertz CT molecular complexity index is 936. The van der Waals surface area contributed by atoms with Crippen molar-refractivity contribution in [3.63, 3.8) is 0 Å². The van der Waals surface area contributed by atoms with Crippen molar-refractivity contribution in [3.05, 3.63) is 53.6 Å². The Labute approximate surface area is 207 Å². The fourth-order valence-corrected chi connectivity index (χ4v) is 4.07. The van der Waals surface area contributed by atoms with Crippen LogP contribution in [0.2, 0.25) is 0 Å². The molecule has 3 rings (SSSR count). The first-order valence-electron chi connectivity index (χ1n) is 11.9. The second kappa shape index (κ2) is 13.6. The Morgan fingerprint density at radius 1 is 0.943 bits per heavy atom. The molecule has 35 heavy (non-hydrogen) atoms. The average Bonchev–Trinajstić information content (AvgIpc) is 2.88. The van der Waals surface area contributed by atoms with Crippen LogP contribution in [0.4, 0.5) is 0 Å². The molecule has 0 bridgehead atoms. The van der Waals surface area contributed by atoms with Crippen molar-refractivity contribution in [2.24, 2.45) is 5.73 Å². The molecule has 3 N–H and O–H groups in total. The fourth-order valence-electron chi connectivity index (χ4n) is 4.07. The van der Waals surface area contributed by atoms with Crippen molar-refractivity contribution in [1.82, 2.24) is 15.1 Å². The number of nitrogens with zero attached hydrogens (tertiary/aromatic N) is 2. The van der Waals surface area contributed by atoms with Gasteiger partial charge in [0, 0.05) is 44.8 Å². The monoisotopic (exact) mass is 484 g/mol. The van der Waals surface area contributed by atoms with E-state index in [1.165, 1.54) is 19.8 Å². The summed E-state index contributed by atoms with van der Waals surface area (Å²) in [4.78, 5) is 28.7. The van der Waals surface area contributed by atoms with Gasteiger partial charge in [-0.3, -0.25) is 14.5 Å². The molecular weight excluding hydrogens is 448 g/mol. The number of rotatable bonds is 13. The van der Waals surface area contributed by atoms with Crippen LogP contribution in [0.1, 0.15) is 28.8 Å². The second-order valence-corrected chi connectivity index (χ2v) is 8.53. The van der Waals surface area contributed by atoms with Gasteiger partial charge in [-0.1, -0.05) is 30.3 Å². The molecule has 1 saturated heterocycles. The molecule has 1 aliphatic rings. The minimum absolute atomic E-state index is 0.224. The molecule has 0 radical (unpaired) electrons. The van der Waals surface area contributed by atoms with Crippen LogP contribution in [0, 0.1) is 0 Å². The summed E-state index contributed by atoms with van der Waals surface area (Å²) in [6, 6.07) is 13.7. The van der Waals surface area contributed by atoms with E-state index in [1.54, 1.807) is 12.1 Å². The maximum Gasteiger partial charge on any atom is 0.255 e. The van der Waals surface area contributed by atoms with Crippen LogP contribution in [0.3, 0.4) is 0 Å². The third-order valence-corrected chi connectivity index (χ3v) is 5.98. The number of carbonyl (C=O) groups excluding carboxylic acids is 2. The summed E-state index contributed by atoms with van der Waals surface area (Å²) in [7, 11) is 2.91. The minimum Gasteiger partial charge on any atom is -0.493 e. The number of hydrogen-bond donors (Lipinski definition) is 2. The first-order valence-corrected chi connectivity index (χ1v) is 11.9. The molecule has 9 heteroatoms. The Balaban J connectivity index is 1.38. The highest BCUT2D eigenvalue weighted by Crippen LogP contribution is 2.38. The summed E-state index contributed by atoms with van der Waals surface area (Å²) in [5.74, 6) is -0.0268. The van der Waals surface area contributed by atoms with Gasteiger partial charge in [0.2, 0.25) is 5.75 Å². The normalized spacial score (nSPS) is 14.3. The van der Waals surface area contributed by atoms with Crippen LogP contribution in [-0.4, -0.2) is 81.7 Å². The van der Waals surface area contributed by atoms with Crippen molar-refractivity contribution in [3.8, 4) is 17.2 Å². The molecule has 2 aromatic carbocycles. The van der Waals surface area contributed by atoms with Crippen LogP contribution in [0.25, 0.3) is 0 Å². The Kier molecular flexibility index (Phi) is 10.2. The number of carbonyl (C=O) groups is 2. The van der Waals surface area contributed by atoms with Gasteiger partial charge in [0.1, 0.15) is 0 Å². The van der Waals surface area contributed by atoms with Gasteiger partial charge in [0.05, 0.1) is 14.2 Å². The van der Waals surface area contributed by atoms with E-state index in [-0.39, 0.29) is 18.3 Å². The van der Waals surface area contributed by atoms with Crippen LogP contribution in [0.15, 0.2) is 42.5 Å². The molecule has 1 fully saturated rings. The van der Waals surface area contributed by atoms with E-state index in [1.807, 2.05) is 0 Å². The number of methoxy groups -OCH3 is 2. The molecule has 0 unspecified atom stereocenters. The quantitative estimate of drug-likeness (QED) is 0.418. The number of ether oxygens (including phenoxy) is 3. The second-order valence-electron chi connectivity index (χ2n) is 8.53. The highest BCUT2D eigenvalue weighted by molar-refractivity contribution is 5.95. The van der Waals surface area contributed by atoms with E-state index in [2.05, 4.69) is 45.4 Å². The zero-order valence-electron chi connectivity index (χ0n) is 20.6. The summed E-state index contributed by atoms with van der Waals surface area (Å²) < 4.78 is 16.0. The SMILES string of the molecule is COc1cc(C(=O)NCCCCN2CCN(Cc3ccccc3)CC2)cc(OC)c1OCC(N)=O. The lowest BCUT2D eigenvalue weighted by Gasteiger charge is -2.34. The van der Waals surface area contributed by atoms with Crippen molar-refractivity contribution >= 4 is 11.8 Å². The summed E-state index contributed by atoms with van der Waals surface area (Å²) >= 11 is 0. The van der Waals surface area contributed by atoms with Crippen molar-refractivity contribution in [1.29, 1.82) is 0 Å². The van der Waals surface area contributed by atoms with Gasteiger partial charge in [0.15, 0.2) is 18.1 Å². The molecular formula is C26H36N4O5. The molecule has 0 spiro atoms. The van der Waals surface area contributed by atoms with Gasteiger partial charge in [-0.05, 0) is 37.1 Å². The standard InChI is InChI=1S/C26H36N4O5/c1-33-22-16-21(17-23(34-2)25(22)35-19-24(27)31)26(32)28-10-6-7-11-29-12-14-30(15-13-29)18-20-8-4-3-5-9-20/h3-5,8-9,16-17H,6-7,10-15,18-19H2,1-2H3,(H2,27,31)(H,28,32). The topological polar surface area (TPSA) is 106 Å². The molecule has 1 heterocycles. The maximum absolute atomic E-state index is 12.7. The minimum atomic E-state index is -0.620. The van der Waals surface area contributed by atoms with E-state index in [4.69, 9.17) is 19.9 Å². The molecule has 0 aromatic heterocycles. The number of amides is 2. The number of benzene rings is 2. The Morgan fingerprint density at radius 2 is 1.57 bits per heavy atom. The number of piperazine rings is 1. The van der Waals surface area contributed by atoms with E-state index < -0.39 is 5.91 Å².